The van der Waals surface area contributed by atoms with Crippen LogP contribution < -0.4 is 4.74 Å². The van der Waals surface area contributed by atoms with Gasteiger partial charge in [-0.05, 0) is 30.2 Å². The van der Waals surface area contributed by atoms with Crippen LogP contribution in [0.25, 0.3) is 0 Å². The van der Waals surface area contributed by atoms with Crippen LogP contribution in [-0.4, -0.2) is 11.7 Å². The molecule has 0 aromatic heterocycles. The van der Waals surface area contributed by atoms with Gasteiger partial charge in [-0.2, -0.15) is 0 Å². The summed E-state index contributed by atoms with van der Waals surface area (Å²) < 4.78 is 18.7. The highest BCUT2D eigenvalue weighted by atomic mass is 35.5. The van der Waals surface area contributed by atoms with Gasteiger partial charge < -0.3 is 9.84 Å². The predicted octanol–water partition coefficient (Wildman–Crippen LogP) is 4.54. The van der Waals surface area contributed by atoms with Crippen LogP contribution in [0, 0.1) is 5.82 Å². The molecule has 0 heterocycles. The van der Waals surface area contributed by atoms with Gasteiger partial charge in [0.2, 0.25) is 0 Å². The number of hydrogen-bond acceptors (Lipinski definition) is 2. The van der Waals surface area contributed by atoms with Crippen LogP contribution in [0.3, 0.4) is 0 Å². The van der Waals surface area contributed by atoms with Crippen molar-refractivity contribution in [2.45, 2.75) is 25.9 Å². The monoisotopic (exact) mass is 308 g/mol. The van der Waals surface area contributed by atoms with Gasteiger partial charge in [0.15, 0.2) is 0 Å². The Morgan fingerprint density at radius 3 is 2.71 bits per heavy atom. The maximum Gasteiger partial charge on any atom is 0.125 e. The third-order valence-electron chi connectivity index (χ3n) is 3.17. The van der Waals surface area contributed by atoms with E-state index in [4.69, 9.17) is 16.3 Å². The second kappa shape index (κ2) is 7.43. The Morgan fingerprint density at radius 1 is 1.24 bits per heavy atom. The van der Waals surface area contributed by atoms with Crippen LogP contribution in [0.2, 0.25) is 5.02 Å². The number of aliphatic hydroxyl groups is 1. The molecule has 0 spiro atoms. The van der Waals surface area contributed by atoms with Crippen molar-refractivity contribution in [2.24, 2.45) is 0 Å². The zero-order valence-corrected chi connectivity index (χ0v) is 12.6. The summed E-state index contributed by atoms with van der Waals surface area (Å²) in [5, 5.41) is 10.7. The Balaban J connectivity index is 2.18. The Bertz CT molecular complexity index is 601. The first-order valence-corrected chi connectivity index (χ1v) is 7.33. The van der Waals surface area contributed by atoms with E-state index in [2.05, 4.69) is 0 Å². The zero-order chi connectivity index (χ0) is 15.2. The van der Waals surface area contributed by atoms with Crippen molar-refractivity contribution in [1.82, 2.24) is 0 Å². The number of ether oxygens (including phenoxy) is 1. The summed E-state index contributed by atoms with van der Waals surface area (Å²) in [5.74, 6) is 0.287. The molecule has 0 aliphatic heterocycles. The number of para-hydroxylation sites is 1. The summed E-state index contributed by atoms with van der Waals surface area (Å²) in [6.45, 7) is 2.62. The van der Waals surface area contributed by atoms with E-state index in [0.29, 0.717) is 34.9 Å². The fraction of sp³-hybridized carbons (Fsp3) is 0.294. The summed E-state index contributed by atoms with van der Waals surface area (Å²) in [6.07, 6.45) is 0.459. The van der Waals surface area contributed by atoms with Crippen molar-refractivity contribution in [3.05, 3.63) is 64.4 Å². The molecule has 0 fully saturated rings. The first-order chi connectivity index (χ1) is 10.1. The van der Waals surface area contributed by atoms with Gasteiger partial charge in [-0.25, -0.2) is 4.39 Å². The molecular formula is C17H18ClFO2. The first kappa shape index (κ1) is 15.8. The van der Waals surface area contributed by atoms with E-state index in [1.165, 1.54) is 12.1 Å². The van der Waals surface area contributed by atoms with Crippen molar-refractivity contribution >= 4 is 11.6 Å². The molecule has 2 aromatic carbocycles. The highest BCUT2D eigenvalue weighted by Gasteiger charge is 2.15. The van der Waals surface area contributed by atoms with Gasteiger partial charge in [0.25, 0.3) is 0 Å². The van der Waals surface area contributed by atoms with Crippen LogP contribution in [0.4, 0.5) is 4.39 Å². The molecule has 1 unspecified atom stereocenters. The van der Waals surface area contributed by atoms with Gasteiger partial charge >= 0.3 is 0 Å². The van der Waals surface area contributed by atoms with Gasteiger partial charge in [-0.1, -0.05) is 42.8 Å². The molecule has 2 aromatic rings. The molecule has 0 aliphatic carbocycles. The molecule has 21 heavy (non-hydrogen) atoms. The lowest BCUT2D eigenvalue weighted by Gasteiger charge is -2.16. The topological polar surface area (TPSA) is 29.5 Å². The second-order valence-corrected chi connectivity index (χ2v) is 5.25. The van der Waals surface area contributed by atoms with Gasteiger partial charge in [0, 0.05) is 17.0 Å². The van der Waals surface area contributed by atoms with E-state index in [9.17, 15) is 9.50 Å². The lowest BCUT2D eigenvalue weighted by Crippen LogP contribution is -2.06. The summed E-state index contributed by atoms with van der Waals surface area (Å²) in [7, 11) is 0. The van der Waals surface area contributed by atoms with E-state index < -0.39 is 6.10 Å². The third-order valence-corrected chi connectivity index (χ3v) is 3.52. The van der Waals surface area contributed by atoms with Crippen molar-refractivity contribution in [2.75, 3.05) is 6.61 Å². The zero-order valence-electron chi connectivity index (χ0n) is 11.9. The Labute approximate surface area is 129 Å². The Hall–Kier alpha value is -1.58. The van der Waals surface area contributed by atoms with Crippen molar-refractivity contribution in [3.8, 4) is 5.75 Å². The van der Waals surface area contributed by atoms with Crippen molar-refractivity contribution in [1.29, 1.82) is 0 Å². The lowest BCUT2D eigenvalue weighted by atomic mass is 10.0. The van der Waals surface area contributed by atoms with E-state index in [-0.39, 0.29) is 5.82 Å². The molecule has 0 radical (unpaired) electrons. The lowest BCUT2D eigenvalue weighted by molar-refractivity contribution is 0.171. The second-order valence-electron chi connectivity index (χ2n) is 4.84. The maximum atomic E-state index is 13.0. The number of benzene rings is 2. The fourth-order valence-electron chi connectivity index (χ4n) is 2.10. The van der Waals surface area contributed by atoms with Crippen LogP contribution in [-0.2, 0) is 6.42 Å². The quantitative estimate of drug-likeness (QED) is 0.848. The SMILES string of the molecule is CCCOc1ccccc1C(O)Cc1ccc(F)cc1Cl. The van der Waals surface area contributed by atoms with Gasteiger partial charge in [0.05, 0.1) is 12.7 Å². The highest BCUT2D eigenvalue weighted by Crippen LogP contribution is 2.29. The van der Waals surface area contributed by atoms with Crippen molar-refractivity contribution in [3.63, 3.8) is 0 Å². The molecule has 0 aliphatic rings. The molecule has 112 valence electrons. The molecule has 4 heteroatoms. The maximum absolute atomic E-state index is 13.0. The van der Waals surface area contributed by atoms with E-state index in [1.54, 1.807) is 6.07 Å². The normalized spacial score (nSPS) is 12.2. The smallest absolute Gasteiger partial charge is 0.125 e. The summed E-state index contributed by atoms with van der Waals surface area (Å²) in [6, 6.07) is 11.6. The molecule has 0 saturated heterocycles. The molecule has 0 bridgehead atoms. The minimum atomic E-state index is -0.749. The fourth-order valence-corrected chi connectivity index (χ4v) is 2.35. The average Bonchev–Trinajstić information content (AvgIpc) is 2.48. The first-order valence-electron chi connectivity index (χ1n) is 6.95. The van der Waals surface area contributed by atoms with Crippen LogP contribution >= 0.6 is 11.6 Å². The highest BCUT2D eigenvalue weighted by molar-refractivity contribution is 6.31. The number of aliphatic hydroxyl groups excluding tert-OH is 1. The Morgan fingerprint density at radius 2 is 2.00 bits per heavy atom. The average molecular weight is 309 g/mol. The van der Waals surface area contributed by atoms with E-state index in [1.807, 2.05) is 31.2 Å². The van der Waals surface area contributed by atoms with E-state index >= 15 is 0 Å². The summed E-state index contributed by atoms with van der Waals surface area (Å²) in [5.41, 5.74) is 1.42. The minimum absolute atomic E-state index is 0.311. The van der Waals surface area contributed by atoms with Gasteiger partial charge in [0.1, 0.15) is 11.6 Å². The van der Waals surface area contributed by atoms with Gasteiger partial charge in [-0.15, -0.1) is 0 Å². The summed E-state index contributed by atoms with van der Waals surface area (Å²) >= 11 is 6.00. The predicted molar refractivity (Wildman–Crippen MR) is 82.3 cm³/mol. The minimum Gasteiger partial charge on any atom is -0.493 e. The molecule has 0 amide bonds. The van der Waals surface area contributed by atoms with E-state index in [0.717, 1.165) is 6.42 Å². The molecule has 1 atom stereocenters. The molecular weight excluding hydrogens is 291 g/mol. The third kappa shape index (κ3) is 4.19. The molecule has 2 nitrogen and oxygen atoms in total. The van der Waals surface area contributed by atoms with Crippen LogP contribution in [0.15, 0.2) is 42.5 Å². The summed E-state index contributed by atoms with van der Waals surface area (Å²) in [4.78, 5) is 0. The number of halogens is 2. The van der Waals surface area contributed by atoms with Crippen LogP contribution in [0.1, 0.15) is 30.6 Å². The molecule has 1 N–H and O–H groups in total. The number of rotatable bonds is 6. The number of hydrogen-bond donors (Lipinski definition) is 1. The van der Waals surface area contributed by atoms with Gasteiger partial charge in [-0.3, -0.25) is 0 Å². The van der Waals surface area contributed by atoms with Crippen molar-refractivity contribution < 1.29 is 14.2 Å². The molecule has 0 saturated carbocycles. The standard InChI is InChI=1S/C17H18ClFO2/c1-2-9-21-17-6-4-3-5-14(17)16(20)10-12-7-8-13(19)11-15(12)18/h3-8,11,16,20H,2,9-10H2,1H3. The Kier molecular flexibility index (Phi) is 5.59. The molecule has 2 rings (SSSR count). The largest absolute Gasteiger partial charge is 0.493 e. The van der Waals surface area contributed by atoms with Crippen LogP contribution in [0.5, 0.6) is 5.75 Å².